The van der Waals surface area contributed by atoms with Gasteiger partial charge in [-0.2, -0.15) is 4.98 Å². The molecule has 6 rings (SSSR count). The Kier molecular flexibility index (Phi) is 6.82. The van der Waals surface area contributed by atoms with Crippen LogP contribution in [-0.2, 0) is 11.3 Å². The van der Waals surface area contributed by atoms with Crippen molar-refractivity contribution in [2.45, 2.75) is 6.54 Å². The Morgan fingerprint density at radius 1 is 0.921 bits per heavy atom. The Morgan fingerprint density at radius 3 is 2.34 bits per heavy atom. The number of pyridine rings is 1. The monoisotopic (exact) mass is 523 g/mol. The number of anilines is 3. The Labute approximate surface area is 220 Å². The lowest BCUT2D eigenvalue weighted by Gasteiger charge is -2.29. The number of amides is 1. The highest BCUT2D eigenvalue weighted by Crippen LogP contribution is 2.30. The van der Waals surface area contributed by atoms with Crippen molar-refractivity contribution in [3.05, 3.63) is 29.9 Å². The zero-order valence-electron chi connectivity index (χ0n) is 21.8. The molecule has 0 bridgehead atoms. The van der Waals surface area contributed by atoms with Crippen LogP contribution in [0.1, 0.15) is 16.4 Å². The highest BCUT2D eigenvalue weighted by molar-refractivity contribution is 5.98. The fourth-order valence-electron chi connectivity index (χ4n) is 4.94. The molecule has 1 amide bonds. The van der Waals surface area contributed by atoms with E-state index in [1.807, 2.05) is 28.6 Å². The summed E-state index contributed by atoms with van der Waals surface area (Å²) in [5.74, 6) is 2.81. The predicted molar refractivity (Wildman–Crippen MR) is 140 cm³/mol. The maximum Gasteiger partial charge on any atom is 0.276 e. The molecule has 0 atom stereocenters. The van der Waals surface area contributed by atoms with Crippen LogP contribution in [0.5, 0.6) is 0 Å². The van der Waals surface area contributed by atoms with Gasteiger partial charge in [0.05, 0.1) is 5.56 Å². The number of nitrogens with one attached hydrogen (secondary N) is 2. The van der Waals surface area contributed by atoms with Gasteiger partial charge in [0, 0.05) is 72.7 Å². The molecule has 14 heteroatoms. The summed E-state index contributed by atoms with van der Waals surface area (Å²) in [6.45, 7) is 7.72. The molecule has 3 aromatic rings. The zero-order chi connectivity index (χ0) is 26.1. The van der Waals surface area contributed by atoms with E-state index in [-0.39, 0.29) is 19.2 Å². The maximum atomic E-state index is 13.5. The van der Waals surface area contributed by atoms with Crippen LogP contribution in [0.25, 0.3) is 11.5 Å². The molecule has 0 unspecified atom stereocenters. The molecule has 0 saturated carbocycles. The lowest BCUT2D eigenvalue weighted by molar-refractivity contribution is 0.0312. The summed E-state index contributed by atoms with van der Waals surface area (Å²) in [5.41, 5.74) is 1.23. The molecule has 38 heavy (non-hydrogen) atoms. The smallest absolute Gasteiger partial charge is 0.276 e. The number of imidazole rings is 1. The van der Waals surface area contributed by atoms with E-state index >= 15 is 0 Å². The number of piperazine rings is 2. The quantitative estimate of drug-likeness (QED) is 0.453. The first kappa shape index (κ1) is 24.6. The number of carbonyl (C=O) groups is 1. The molecule has 6 heterocycles. The van der Waals surface area contributed by atoms with Gasteiger partial charge in [-0.05, 0) is 12.1 Å². The van der Waals surface area contributed by atoms with E-state index in [2.05, 4.69) is 35.6 Å². The molecule has 0 radical (unpaired) electrons. The molecule has 0 spiro atoms. The van der Waals surface area contributed by atoms with Crippen molar-refractivity contribution in [2.24, 2.45) is 0 Å². The number of hydrogen-bond donors (Lipinski definition) is 2. The average molecular weight is 524 g/mol. The fourth-order valence-corrected chi connectivity index (χ4v) is 4.94. The van der Waals surface area contributed by atoms with Crippen LogP contribution < -0.4 is 25.3 Å². The molecule has 2 saturated heterocycles. The number of ether oxygens (including phenoxy) is 1. The SMILES string of the molecule is CN1COCN(C)c2nc(N3CCNCC3)n(Cc3nnc(-c4ccc(N5CCNCC5)nc4)o3)c2C1=O. The predicted octanol–water partition coefficient (Wildman–Crippen LogP) is -0.351. The van der Waals surface area contributed by atoms with Gasteiger partial charge in [0.2, 0.25) is 17.7 Å². The van der Waals surface area contributed by atoms with Gasteiger partial charge in [0.1, 0.15) is 25.8 Å². The second-order valence-corrected chi connectivity index (χ2v) is 9.71. The molecule has 3 aliphatic rings. The topological polar surface area (TPSA) is 133 Å². The molecule has 3 aliphatic heterocycles. The number of carbonyl (C=O) groups excluding carboxylic acids is 1. The van der Waals surface area contributed by atoms with E-state index in [9.17, 15) is 4.79 Å². The number of hydrogen-bond acceptors (Lipinski definition) is 12. The average Bonchev–Trinajstić information content (AvgIpc) is 3.58. The number of nitrogens with zero attached hydrogens (tertiary/aromatic N) is 9. The van der Waals surface area contributed by atoms with Crippen LogP contribution >= 0.6 is 0 Å². The van der Waals surface area contributed by atoms with Crippen LogP contribution in [0.3, 0.4) is 0 Å². The third kappa shape index (κ3) is 4.77. The van der Waals surface area contributed by atoms with E-state index in [4.69, 9.17) is 14.1 Å². The van der Waals surface area contributed by atoms with Crippen molar-refractivity contribution in [1.29, 1.82) is 0 Å². The molecule has 14 nitrogen and oxygen atoms in total. The number of aromatic nitrogens is 5. The lowest BCUT2D eigenvalue weighted by Crippen LogP contribution is -2.45. The molecule has 2 fully saturated rings. The highest BCUT2D eigenvalue weighted by atomic mass is 16.5. The Morgan fingerprint density at radius 2 is 1.63 bits per heavy atom. The summed E-state index contributed by atoms with van der Waals surface area (Å²) in [6, 6.07) is 3.94. The first-order valence-electron chi connectivity index (χ1n) is 12.9. The molecule has 2 N–H and O–H groups in total. The third-order valence-corrected chi connectivity index (χ3v) is 7.01. The Hall–Kier alpha value is -3.75. The highest BCUT2D eigenvalue weighted by Gasteiger charge is 2.32. The van der Waals surface area contributed by atoms with Gasteiger partial charge in [0.25, 0.3) is 5.91 Å². The molecule has 3 aromatic heterocycles. The van der Waals surface area contributed by atoms with E-state index in [0.29, 0.717) is 36.0 Å². The fraction of sp³-hybridized carbons (Fsp3) is 0.542. The number of fused-ring (bicyclic) bond motifs is 1. The van der Waals surface area contributed by atoms with Crippen molar-refractivity contribution in [2.75, 3.05) is 94.6 Å². The summed E-state index contributed by atoms with van der Waals surface area (Å²) in [6.07, 6.45) is 1.76. The van der Waals surface area contributed by atoms with Crippen molar-refractivity contribution < 1.29 is 13.9 Å². The minimum absolute atomic E-state index is 0.173. The first-order chi connectivity index (χ1) is 18.6. The third-order valence-electron chi connectivity index (χ3n) is 7.01. The summed E-state index contributed by atoms with van der Waals surface area (Å²) in [5, 5.41) is 15.3. The second kappa shape index (κ2) is 10.6. The van der Waals surface area contributed by atoms with Gasteiger partial charge >= 0.3 is 0 Å². The first-order valence-corrected chi connectivity index (χ1v) is 12.9. The normalized spacial score (nSPS) is 18.9. The molecular weight excluding hydrogens is 490 g/mol. The van der Waals surface area contributed by atoms with E-state index in [1.165, 1.54) is 0 Å². The van der Waals surface area contributed by atoms with Gasteiger partial charge in [-0.25, -0.2) is 4.98 Å². The van der Waals surface area contributed by atoms with Crippen molar-refractivity contribution in [1.82, 2.24) is 40.3 Å². The van der Waals surface area contributed by atoms with Crippen LogP contribution in [0, 0.1) is 0 Å². The largest absolute Gasteiger partial charge is 0.419 e. The molecule has 0 aliphatic carbocycles. The Bertz CT molecular complexity index is 1260. The second-order valence-electron chi connectivity index (χ2n) is 9.71. The van der Waals surface area contributed by atoms with Crippen LogP contribution in [0.4, 0.5) is 17.6 Å². The molecular formula is C24H33N11O3. The molecule has 202 valence electrons. The van der Waals surface area contributed by atoms with Gasteiger partial charge in [0.15, 0.2) is 11.5 Å². The molecule has 0 aromatic carbocycles. The van der Waals surface area contributed by atoms with E-state index < -0.39 is 0 Å². The van der Waals surface area contributed by atoms with E-state index in [0.717, 1.165) is 63.7 Å². The van der Waals surface area contributed by atoms with Crippen LogP contribution in [0.2, 0.25) is 0 Å². The van der Waals surface area contributed by atoms with Crippen molar-refractivity contribution >= 4 is 23.5 Å². The lowest BCUT2D eigenvalue weighted by atomic mass is 10.2. The van der Waals surface area contributed by atoms with Crippen LogP contribution in [0.15, 0.2) is 22.7 Å². The standard InChI is InChI=1S/C24H33N11O3/c1-31-15-37-16-32(2)23(36)20-21(31)28-24(34-11-7-26-8-12-34)35(20)14-19-29-30-22(38-19)17-3-4-18(27-13-17)33-9-5-25-6-10-33/h3-4,13,25-26H,5-12,14-16H2,1-2H3. The Balaban J connectivity index is 1.31. The number of rotatable bonds is 5. The van der Waals surface area contributed by atoms with Crippen molar-refractivity contribution in [3.63, 3.8) is 0 Å². The minimum atomic E-state index is -0.173. The summed E-state index contributed by atoms with van der Waals surface area (Å²) in [4.78, 5) is 30.8. The van der Waals surface area contributed by atoms with Gasteiger partial charge < -0.3 is 39.4 Å². The van der Waals surface area contributed by atoms with Crippen molar-refractivity contribution in [3.8, 4) is 11.5 Å². The van der Waals surface area contributed by atoms with Gasteiger partial charge in [-0.1, -0.05) is 0 Å². The summed E-state index contributed by atoms with van der Waals surface area (Å²) < 4.78 is 13.6. The van der Waals surface area contributed by atoms with Gasteiger partial charge in [-0.15, -0.1) is 10.2 Å². The van der Waals surface area contributed by atoms with Gasteiger partial charge in [-0.3, -0.25) is 9.36 Å². The van der Waals surface area contributed by atoms with Crippen LogP contribution in [-0.4, -0.2) is 115 Å². The van der Waals surface area contributed by atoms with E-state index in [1.54, 1.807) is 18.1 Å². The minimum Gasteiger partial charge on any atom is -0.419 e. The summed E-state index contributed by atoms with van der Waals surface area (Å²) >= 11 is 0. The summed E-state index contributed by atoms with van der Waals surface area (Å²) in [7, 11) is 3.60. The zero-order valence-corrected chi connectivity index (χ0v) is 21.8. The maximum absolute atomic E-state index is 13.5.